The zero-order valence-corrected chi connectivity index (χ0v) is 15.1. The van der Waals surface area contributed by atoms with Crippen molar-refractivity contribution in [2.45, 2.75) is 12.7 Å². The van der Waals surface area contributed by atoms with E-state index < -0.39 is 11.7 Å². The first-order chi connectivity index (χ1) is 13.3. The second kappa shape index (κ2) is 7.76. The van der Waals surface area contributed by atoms with Crippen LogP contribution in [0.2, 0.25) is 0 Å². The van der Waals surface area contributed by atoms with Crippen molar-refractivity contribution in [3.8, 4) is 16.9 Å². The van der Waals surface area contributed by atoms with Gasteiger partial charge < -0.3 is 10.0 Å². The van der Waals surface area contributed by atoms with Crippen molar-refractivity contribution in [3.05, 3.63) is 89.5 Å². The number of benzene rings is 3. The molecule has 6 heteroatoms. The van der Waals surface area contributed by atoms with Crippen molar-refractivity contribution in [2.24, 2.45) is 0 Å². The maximum Gasteiger partial charge on any atom is 0.416 e. The van der Waals surface area contributed by atoms with Crippen LogP contribution < -0.4 is 0 Å². The third-order valence-corrected chi connectivity index (χ3v) is 4.35. The Morgan fingerprint density at radius 3 is 2.36 bits per heavy atom. The van der Waals surface area contributed by atoms with E-state index in [1.807, 2.05) is 6.07 Å². The number of rotatable bonds is 4. The van der Waals surface area contributed by atoms with Crippen molar-refractivity contribution >= 4 is 5.91 Å². The van der Waals surface area contributed by atoms with E-state index in [-0.39, 0.29) is 23.8 Å². The Hall–Kier alpha value is -3.28. The number of carbonyl (C=O) groups is 1. The van der Waals surface area contributed by atoms with Crippen LogP contribution in [0.4, 0.5) is 13.2 Å². The second-order valence-electron chi connectivity index (χ2n) is 6.46. The van der Waals surface area contributed by atoms with Crippen LogP contribution in [0.15, 0.2) is 72.8 Å². The van der Waals surface area contributed by atoms with Crippen LogP contribution >= 0.6 is 0 Å². The molecule has 0 aliphatic carbocycles. The lowest BCUT2D eigenvalue weighted by molar-refractivity contribution is -0.137. The molecule has 0 unspecified atom stereocenters. The smallest absolute Gasteiger partial charge is 0.416 e. The molecule has 0 aromatic heterocycles. The van der Waals surface area contributed by atoms with Crippen LogP contribution in [-0.4, -0.2) is 23.0 Å². The molecular weight excluding hydrogens is 367 g/mol. The summed E-state index contributed by atoms with van der Waals surface area (Å²) >= 11 is 0. The Morgan fingerprint density at radius 2 is 1.68 bits per heavy atom. The molecule has 1 N–H and O–H groups in total. The molecule has 0 aliphatic heterocycles. The minimum atomic E-state index is -4.50. The van der Waals surface area contributed by atoms with Crippen molar-refractivity contribution in [1.82, 2.24) is 4.90 Å². The number of hydrogen-bond donors (Lipinski definition) is 1. The molecule has 0 heterocycles. The summed E-state index contributed by atoms with van der Waals surface area (Å²) in [5, 5.41) is 10.0. The molecule has 1 amide bonds. The number of alkyl halides is 3. The Morgan fingerprint density at radius 1 is 0.964 bits per heavy atom. The maximum absolute atomic E-state index is 13.0. The summed E-state index contributed by atoms with van der Waals surface area (Å²) in [5.74, 6) is -0.396. The molecular formula is C22H18F3NO2. The highest BCUT2D eigenvalue weighted by Gasteiger charge is 2.31. The molecule has 3 nitrogen and oxygen atoms in total. The maximum atomic E-state index is 13.0. The lowest BCUT2D eigenvalue weighted by atomic mass is 9.99. The van der Waals surface area contributed by atoms with Crippen LogP contribution in [0.3, 0.4) is 0 Å². The molecule has 0 fully saturated rings. The van der Waals surface area contributed by atoms with E-state index >= 15 is 0 Å². The monoisotopic (exact) mass is 385 g/mol. The summed E-state index contributed by atoms with van der Waals surface area (Å²) in [5.41, 5.74) is 0.996. The average molecular weight is 385 g/mol. The largest absolute Gasteiger partial charge is 0.507 e. The first-order valence-electron chi connectivity index (χ1n) is 8.56. The summed E-state index contributed by atoms with van der Waals surface area (Å²) in [6.07, 6.45) is -4.50. The standard InChI is InChI=1S/C22H18F3NO2/c1-26(21(28)16-7-3-2-4-8-16)14-15-6-5-9-17(12-15)19-13-18(22(23,24)25)10-11-20(19)27/h2-13,27H,14H2,1H3. The highest BCUT2D eigenvalue weighted by Crippen LogP contribution is 2.36. The van der Waals surface area contributed by atoms with Gasteiger partial charge in [0.15, 0.2) is 0 Å². The molecule has 3 aromatic carbocycles. The predicted molar refractivity (Wildman–Crippen MR) is 101 cm³/mol. The minimum Gasteiger partial charge on any atom is -0.507 e. The third-order valence-electron chi connectivity index (χ3n) is 4.35. The Labute approximate surface area is 160 Å². The normalized spacial score (nSPS) is 11.3. The number of nitrogens with zero attached hydrogens (tertiary/aromatic N) is 1. The van der Waals surface area contributed by atoms with Crippen LogP contribution in [0.25, 0.3) is 11.1 Å². The number of halogens is 3. The number of hydrogen-bond acceptors (Lipinski definition) is 2. The van der Waals surface area contributed by atoms with Gasteiger partial charge in [0.05, 0.1) is 5.56 Å². The van der Waals surface area contributed by atoms with Crippen LogP contribution in [-0.2, 0) is 12.7 Å². The predicted octanol–water partition coefficient (Wildman–Crippen LogP) is 5.35. The molecule has 144 valence electrons. The fourth-order valence-corrected chi connectivity index (χ4v) is 2.93. The molecule has 0 atom stereocenters. The zero-order chi connectivity index (χ0) is 20.3. The van der Waals surface area contributed by atoms with E-state index in [0.29, 0.717) is 11.1 Å². The molecule has 0 radical (unpaired) electrons. The quantitative estimate of drug-likeness (QED) is 0.658. The van der Waals surface area contributed by atoms with E-state index in [1.165, 1.54) is 4.90 Å². The summed E-state index contributed by atoms with van der Waals surface area (Å²) in [6.45, 7) is 0.279. The Balaban J connectivity index is 1.86. The number of carbonyl (C=O) groups excluding carboxylic acids is 1. The van der Waals surface area contributed by atoms with Gasteiger partial charge >= 0.3 is 6.18 Å². The van der Waals surface area contributed by atoms with E-state index in [0.717, 1.165) is 23.8 Å². The Kier molecular flexibility index (Phi) is 5.40. The highest BCUT2D eigenvalue weighted by molar-refractivity contribution is 5.94. The number of aromatic hydroxyl groups is 1. The number of phenols is 1. The lowest BCUT2D eigenvalue weighted by Crippen LogP contribution is -2.26. The van der Waals surface area contributed by atoms with E-state index in [1.54, 1.807) is 55.6 Å². The number of amides is 1. The van der Waals surface area contributed by atoms with Gasteiger partial charge in [-0.2, -0.15) is 13.2 Å². The van der Waals surface area contributed by atoms with Gasteiger partial charge in [-0.1, -0.05) is 36.4 Å². The SMILES string of the molecule is CN(Cc1cccc(-c2cc(C(F)(F)F)ccc2O)c1)C(=O)c1ccccc1. The van der Waals surface area contributed by atoms with Gasteiger partial charge in [0.1, 0.15) is 5.75 Å². The van der Waals surface area contributed by atoms with Crippen molar-refractivity contribution < 1.29 is 23.1 Å². The molecule has 0 spiro atoms. The first-order valence-corrected chi connectivity index (χ1v) is 8.56. The summed E-state index contributed by atoms with van der Waals surface area (Å²) in [6, 6.07) is 18.4. The van der Waals surface area contributed by atoms with Gasteiger partial charge in [-0.05, 0) is 47.5 Å². The molecule has 28 heavy (non-hydrogen) atoms. The average Bonchev–Trinajstić information content (AvgIpc) is 2.67. The van der Waals surface area contributed by atoms with Gasteiger partial charge in [0.2, 0.25) is 0 Å². The van der Waals surface area contributed by atoms with Crippen molar-refractivity contribution in [3.63, 3.8) is 0 Å². The topological polar surface area (TPSA) is 40.5 Å². The number of phenolic OH excluding ortho intramolecular Hbond substituents is 1. The van der Waals surface area contributed by atoms with Crippen LogP contribution in [0.5, 0.6) is 5.75 Å². The van der Waals surface area contributed by atoms with Crippen LogP contribution in [0, 0.1) is 0 Å². The van der Waals surface area contributed by atoms with Gasteiger partial charge in [-0.3, -0.25) is 4.79 Å². The summed E-state index contributed by atoms with van der Waals surface area (Å²) in [7, 11) is 1.66. The second-order valence-corrected chi connectivity index (χ2v) is 6.46. The van der Waals surface area contributed by atoms with E-state index in [4.69, 9.17) is 0 Å². The molecule has 0 saturated carbocycles. The fourth-order valence-electron chi connectivity index (χ4n) is 2.93. The van der Waals surface area contributed by atoms with Gasteiger partial charge in [0, 0.05) is 24.7 Å². The van der Waals surface area contributed by atoms with Gasteiger partial charge in [-0.15, -0.1) is 0 Å². The van der Waals surface area contributed by atoms with E-state index in [2.05, 4.69) is 0 Å². The summed E-state index contributed by atoms with van der Waals surface area (Å²) < 4.78 is 39.0. The van der Waals surface area contributed by atoms with Crippen molar-refractivity contribution in [1.29, 1.82) is 0 Å². The first kappa shape index (κ1) is 19.5. The third kappa shape index (κ3) is 4.34. The lowest BCUT2D eigenvalue weighted by Gasteiger charge is -2.18. The zero-order valence-electron chi connectivity index (χ0n) is 15.1. The van der Waals surface area contributed by atoms with Crippen LogP contribution in [0.1, 0.15) is 21.5 Å². The van der Waals surface area contributed by atoms with Crippen molar-refractivity contribution in [2.75, 3.05) is 7.05 Å². The van der Waals surface area contributed by atoms with E-state index in [9.17, 15) is 23.1 Å². The molecule has 0 saturated heterocycles. The van der Waals surface area contributed by atoms with Gasteiger partial charge in [-0.25, -0.2) is 0 Å². The highest BCUT2D eigenvalue weighted by atomic mass is 19.4. The molecule has 3 aromatic rings. The molecule has 0 bridgehead atoms. The minimum absolute atomic E-state index is 0.0914. The summed E-state index contributed by atoms with van der Waals surface area (Å²) in [4.78, 5) is 14.0. The van der Waals surface area contributed by atoms with Gasteiger partial charge in [0.25, 0.3) is 5.91 Å². The Bertz CT molecular complexity index is 985. The molecule has 0 aliphatic rings. The molecule has 3 rings (SSSR count). The fraction of sp³-hybridized carbons (Fsp3) is 0.136.